The summed E-state index contributed by atoms with van der Waals surface area (Å²) in [5.74, 6) is -4.68. The molecule has 0 radical (unpaired) electrons. The number of benzene rings is 2. The molecule has 0 unspecified atom stereocenters. The van der Waals surface area contributed by atoms with E-state index in [9.17, 15) is 18.7 Å². The van der Waals surface area contributed by atoms with Gasteiger partial charge in [0.05, 0.1) is 25.2 Å². The Labute approximate surface area is 344 Å². The molecule has 1 amide bonds. The third-order valence-corrected chi connectivity index (χ3v) is 11.2. The molecular weight excluding hydrogens is 749 g/mol. The summed E-state index contributed by atoms with van der Waals surface area (Å²) in [5, 5.41) is 11.9. The first-order valence-corrected chi connectivity index (χ1v) is 21.4. The Hall–Kier alpha value is -3.25. The van der Waals surface area contributed by atoms with Crippen molar-refractivity contribution < 1.29 is 42.4 Å². The first-order valence-electron chi connectivity index (χ1n) is 21.0. The molecule has 0 aromatic heterocycles. The zero-order chi connectivity index (χ0) is 41.7. The minimum absolute atomic E-state index is 0.178. The van der Waals surface area contributed by atoms with Gasteiger partial charge in [-0.1, -0.05) is 132 Å². The Bertz CT molecular complexity index is 1550. The van der Waals surface area contributed by atoms with Crippen LogP contribution in [0.15, 0.2) is 72.8 Å². The number of hydrogen-bond donors (Lipinski definition) is 1. The maximum Gasteiger partial charge on any atom is 0.340 e. The molecule has 2 aliphatic heterocycles. The topological polar surface area (TPSA) is 94.5 Å². The van der Waals surface area contributed by atoms with Crippen LogP contribution in [-0.2, 0) is 34.1 Å². The van der Waals surface area contributed by atoms with Crippen LogP contribution >= 0.6 is 12.2 Å². The van der Waals surface area contributed by atoms with Gasteiger partial charge in [-0.3, -0.25) is 9.69 Å². The lowest BCUT2D eigenvalue weighted by molar-refractivity contribution is -0.189. The predicted molar refractivity (Wildman–Crippen MR) is 223 cm³/mol. The number of amides is 1. The number of thiocarbonyl (C=S) groups is 1. The van der Waals surface area contributed by atoms with Crippen molar-refractivity contribution in [2.24, 2.45) is 11.8 Å². The molecular formula is C46H65F2NO7S. The molecule has 11 heteroatoms. The van der Waals surface area contributed by atoms with Crippen LogP contribution in [0.1, 0.15) is 136 Å². The molecule has 1 N–H and O–H groups in total. The van der Waals surface area contributed by atoms with E-state index in [4.69, 9.17) is 31.2 Å². The lowest BCUT2D eigenvalue weighted by atomic mass is 9.75. The van der Waals surface area contributed by atoms with E-state index in [0.717, 1.165) is 56.1 Å². The highest BCUT2D eigenvalue weighted by Gasteiger charge is 2.61. The summed E-state index contributed by atoms with van der Waals surface area (Å²) in [4.78, 5) is 30.2. The van der Waals surface area contributed by atoms with Crippen LogP contribution < -0.4 is 0 Å². The van der Waals surface area contributed by atoms with E-state index < -0.39 is 59.3 Å². The summed E-state index contributed by atoms with van der Waals surface area (Å²) in [6.45, 7) is 12.0. The standard InChI is InChI=1S/C46H65F2NO7S/c1-7-8-9-13-22-29-44(53-31-32-54-44)30-23-14-11-10-12-21-28-37(45(52,33-38(47)48)41(51)55-43(4,5)6)40(50)49-39(34(2)3)46(56-42(49)57,35-24-17-15-18-25-35)36-26-19-16-20-27-36/h15-21,24-28,34,37-39,52H,7-14,22-23,29-33H2,1-6H3/b28-21+/t37-,39+,45+/m1/s1. The van der Waals surface area contributed by atoms with E-state index in [-0.39, 0.29) is 11.1 Å². The molecule has 8 nitrogen and oxygen atoms in total. The van der Waals surface area contributed by atoms with Crippen LogP contribution in [-0.4, -0.2) is 69.7 Å². The Balaban J connectivity index is 1.59. The molecule has 0 saturated carbocycles. The molecule has 2 aliphatic rings. The van der Waals surface area contributed by atoms with Crippen molar-refractivity contribution in [1.82, 2.24) is 4.90 Å². The fourth-order valence-corrected chi connectivity index (χ4v) is 8.56. The summed E-state index contributed by atoms with van der Waals surface area (Å²) in [6.07, 6.45) is 10.3. The summed E-state index contributed by atoms with van der Waals surface area (Å²) in [5.41, 5.74) is -3.85. The van der Waals surface area contributed by atoms with Crippen molar-refractivity contribution >= 4 is 29.3 Å². The maximum absolute atomic E-state index is 15.1. The average molecular weight is 814 g/mol. The zero-order valence-corrected chi connectivity index (χ0v) is 35.7. The van der Waals surface area contributed by atoms with Crippen molar-refractivity contribution in [3.63, 3.8) is 0 Å². The largest absolute Gasteiger partial charge is 0.458 e. The molecule has 2 aromatic carbocycles. The Kier molecular flexibility index (Phi) is 17.2. The highest BCUT2D eigenvalue weighted by molar-refractivity contribution is 7.80. The lowest BCUT2D eigenvalue weighted by Gasteiger charge is -2.40. The molecule has 3 atom stereocenters. The Morgan fingerprint density at radius 3 is 1.91 bits per heavy atom. The number of halogens is 2. The first-order chi connectivity index (χ1) is 27.1. The van der Waals surface area contributed by atoms with Gasteiger partial charge in [-0.25, -0.2) is 13.6 Å². The highest BCUT2D eigenvalue weighted by atomic mass is 32.1. The predicted octanol–water partition coefficient (Wildman–Crippen LogP) is 10.4. The second-order valence-electron chi connectivity index (χ2n) is 16.9. The van der Waals surface area contributed by atoms with Gasteiger partial charge in [0.2, 0.25) is 12.3 Å². The smallest absolute Gasteiger partial charge is 0.340 e. The van der Waals surface area contributed by atoms with Gasteiger partial charge in [0.1, 0.15) is 5.60 Å². The second kappa shape index (κ2) is 21.1. The number of aliphatic hydroxyl groups is 1. The van der Waals surface area contributed by atoms with Crippen molar-refractivity contribution in [3.8, 4) is 0 Å². The van der Waals surface area contributed by atoms with E-state index in [1.807, 2.05) is 74.5 Å². The quantitative estimate of drug-likeness (QED) is 0.0544. The number of ether oxygens (including phenoxy) is 4. The van der Waals surface area contributed by atoms with Gasteiger partial charge < -0.3 is 24.1 Å². The molecule has 57 heavy (non-hydrogen) atoms. The van der Waals surface area contributed by atoms with Crippen LogP contribution in [0.25, 0.3) is 0 Å². The third-order valence-electron chi connectivity index (χ3n) is 10.9. The molecule has 0 bridgehead atoms. The van der Waals surface area contributed by atoms with Crippen LogP contribution in [0.2, 0.25) is 0 Å². The Morgan fingerprint density at radius 2 is 1.42 bits per heavy atom. The fraction of sp³-hybridized carbons (Fsp3) is 0.630. The van der Waals surface area contributed by atoms with Gasteiger partial charge in [0, 0.05) is 30.4 Å². The van der Waals surface area contributed by atoms with Crippen molar-refractivity contribution in [2.45, 2.75) is 160 Å². The van der Waals surface area contributed by atoms with E-state index in [2.05, 4.69) is 6.92 Å². The number of allylic oxidation sites excluding steroid dienone is 1. The number of alkyl halides is 2. The minimum Gasteiger partial charge on any atom is -0.458 e. The van der Waals surface area contributed by atoms with Crippen LogP contribution in [0.4, 0.5) is 8.78 Å². The Morgan fingerprint density at radius 1 is 0.895 bits per heavy atom. The number of rotatable bonds is 22. The summed E-state index contributed by atoms with van der Waals surface area (Å²) in [6, 6.07) is 18.0. The van der Waals surface area contributed by atoms with E-state index in [1.54, 1.807) is 26.8 Å². The number of hydrogen-bond acceptors (Lipinski definition) is 8. The van der Waals surface area contributed by atoms with Crippen LogP contribution in [0.3, 0.4) is 0 Å². The molecule has 2 aromatic rings. The fourth-order valence-electron chi connectivity index (χ4n) is 8.22. The zero-order valence-electron chi connectivity index (χ0n) is 34.9. The SMILES string of the molecule is CCCCCCCC1(CCCCCC/C=C/[C@H](C(=O)N2C(=S)OC(c3ccccc3)(c3ccccc3)[C@@H]2C(C)C)[C@@](O)(CC(F)F)C(=O)OC(C)(C)C)OCCO1. The molecule has 0 aliphatic carbocycles. The van der Waals surface area contributed by atoms with Crippen LogP contribution in [0, 0.1) is 11.8 Å². The number of nitrogens with zero attached hydrogens (tertiary/aromatic N) is 1. The van der Waals surface area contributed by atoms with Gasteiger partial charge in [-0.05, 0) is 64.6 Å². The number of carbonyl (C=O) groups excluding carboxylic acids is 2. The normalized spacial score (nSPS) is 19.6. The van der Waals surface area contributed by atoms with E-state index >= 15 is 4.79 Å². The second-order valence-corrected chi connectivity index (χ2v) is 17.2. The van der Waals surface area contributed by atoms with Gasteiger partial charge in [-0.15, -0.1) is 0 Å². The molecule has 2 saturated heterocycles. The maximum atomic E-state index is 15.1. The number of carbonyl (C=O) groups is 2. The minimum atomic E-state index is -3.13. The van der Waals surface area contributed by atoms with Gasteiger partial charge in [0.25, 0.3) is 5.17 Å². The van der Waals surface area contributed by atoms with Gasteiger partial charge in [0.15, 0.2) is 17.0 Å². The van der Waals surface area contributed by atoms with E-state index in [0.29, 0.717) is 19.6 Å². The highest BCUT2D eigenvalue weighted by Crippen LogP contribution is 2.48. The molecule has 2 heterocycles. The molecule has 2 fully saturated rings. The number of esters is 1. The van der Waals surface area contributed by atoms with Gasteiger partial charge in [-0.2, -0.15) is 0 Å². The average Bonchev–Trinajstić information content (AvgIpc) is 3.76. The van der Waals surface area contributed by atoms with Gasteiger partial charge >= 0.3 is 5.97 Å². The monoisotopic (exact) mass is 813 g/mol. The van der Waals surface area contributed by atoms with Crippen molar-refractivity contribution in [3.05, 3.63) is 83.9 Å². The number of unbranched alkanes of at least 4 members (excludes halogenated alkanes) is 8. The first kappa shape index (κ1) is 46.4. The third kappa shape index (κ3) is 11.9. The summed E-state index contributed by atoms with van der Waals surface area (Å²) < 4.78 is 53.1. The molecule has 0 spiro atoms. The van der Waals surface area contributed by atoms with Crippen molar-refractivity contribution in [1.29, 1.82) is 0 Å². The molecule has 316 valence electrons. The van der Waals surface area contributed by atoms with E-state index in [1.165, 1.54) is 36.7 Å². The van der Waals surface area contributed by atoms with Crippen LogP contribution in [0.5, 0.6) is 0 Å². The molecule has 4 rings (SSSR count). The van der Waals surface area contributed by atoms with Crippen molar-refractivity contribution in [2.75, 3.05) is 13.2 Å². The summed E-state index contributed by atoms with van der Waals surface area (Å²) >= 11 is 5.82. The lowest BCUT2D eigenvalue weighted by Crippen LogP contribution is -2.58. The summed E-state index contributed by atoms with van der Waals surface area (Å²) in [7, 11) is 0.